The van der Waals surface area contributed by atoms with Gasteiger partial charge in [0.15, 0.2) is 17.1 Å². The molecule has 1 saturated heterocycles. The van der Waals surface area contributed by atoms with Crippen molar-refractivity contribution in [2.75, 3.05) is 18.2 Å². The van der Waals surface area contributed by atoms with Crippen LogP contribution in [0, 0.1) is 0 Å². The Labute approximate surface area is 235 Å². The average molecular weight is 550 g/mol. The standard InChI is InChI=1S/C32H27N3O4S/c36-25-14-15-34-29(30(25)39-19-21-8-2-1-3-9-21)31(37)33-16-17-38-27-18-32(27,33)35(34)28-23-11-5-4-10-22(23)20-40-26-13-7-6-12-24(26)28/h1-15,27-28H,16-20H2/t27-,28-,32-/m0/s1. The fourth-order valence-corrected chi connectivity index (χ4v) is 7.68. The molecule has 40 heavy (non-hydrogen) atoms. The van der Waals surface area contributed by atoms with Crippen molar-refractivity contribution in [1.29, 1.82) is 0 Å². The van der Waals surface area contributed by atoms with E-state index in [0.29, 0.717) is 19.6 Å². The van der Waals surface area contributed by atoms with Gasteiger partial charge in [0.05, 0.1) is 12.6 Å². The summed E-state index contributed by atoms with van der Waals surface area (Å²) in [4.78, 5) is 30.7. The van der Waals surface area contributed by atoms with E-state index in [1.165, 1.54) is 27.7 Å². The van der Waals surface area contributed by atoms with Crippen molar-refractivity contribution < 1.29 is 14.3 Å². The number of hydrogen-bond donors (Lipinski definition) is 0. The van der Waals surface area contributed by atoms with Gasteiger partial charge in [-0.1, -0.05) is 72.8 Å². The molecule has 0 radical (unpaired) electrons. The monoisotopic (exact) mass is 549 g/mol. The van der Waals surface area contributed by atoms with Crippen molar-refractivity contribution in [3.05, 3.63) is 129 Å². The molecule has 3 aliphatic heterocycles. The zero-order valence-electron chi connectivity index (χ0n) is 21.7. The number of amides is 1. The Kier molecular flexibility index (Phi) is 5.37. The summed E-state index contributed by atoms with van der Waals surface area (Å²) in [5.74, 6) is 0.757. The van der Waals surface area contributed by atoms with Crippen molar-refractivity contribution in [3.63, 3.8) is 0 Å². The number of fused-ring (bicyclic) bond motifs is 3. The second kappa shape index (κ2) is 9.01. The fourth-order valence-electron chi connectivity index (χ4n) is 6.58. The van der Waals surface area contributed by atoms with E-state index in [4.69, 9.17) is 9.47 Å². The molecule has 4 heterocycles. The van der Waals surface area contributed by atoms with Gasteiger partial charge in [0.2, 0.25) is 5.43 Å². The molecule has 4 aromatic rings. The van der Waals surface area contributed by atoms with Crippen LogP contribution in [0.2, 0.25) is 0 Å². The van der Waals surface area contributed by atoms with E-state index in [0.717, 1.165) is 11.3 Å². The van der Waals surface area contributed by atoms with Crippen molar-refractivity contribution in [2.45, 2.75) is 41.5 Å². The molecule has 0 bridgehead atoms. The molecule has 8 heteroatoms. The number of ether oxygens (including phenoxy) is 2. The predicted octanol–water partition coefficient (Wildman–Crippen LogP) is 4.72. The van der Waals surface area contributed by atoms with Crippen molar-refractivity contribution in [1.82, 2.24) is 9.58 Å². The molecule has 1 amide bonds. The molecule has 0 unspecified atom stereocenters. The van der Waals surface area contributed by atoms with Crippen LogP contribution in [-0.2, 0) is 17.1 Å². The van der Waals surface area contributed by atoms with Crippen LogP contribution in [0.1, 0.15) is 45.2 Å². The minimum atomic E-state index is -0.645. The number of carbonyl (C=O) groups excluding carboxylic acids is 1. The Bertz CT molecular complexity index is 1660. The number of morpholine rings is 1. The lowest BCUT2D eigenvalue weighted by Crippen LogP contribution is -2.68. The maximum Gasteiger partial charge on any atom is 0.278 e. The number of carbonyl (C=O) groups is 1. The lowest BCUT2D eigenvalue weighted by atomic mass is 9.93. The Morgan fingerprint density at radius 3 is 2.58 bits per heavy atom. The first-order chi connectivity index (χ1) is 19.7. The molecular weight excluding hydrogens is 522 g/mol. The van der Waals surface area contributed by atoms with E-state index in [-0.39, 0.29) is 41.5 Å². The minimum Gasteiger partial charge on any atom is -0.482 e. The SMILES string of the molecule is O=C1c2c(OCc3ccccc3)c(=O)ccn2N([C@H]2c3ccccc3CSc3ccccc32)[C@@]23C[C@@H]2OCCN13. The lowest BCUT2D eigenvalue weighted by Gasteiger charge is -2.52. The van der Waals surface area contributed by atoms with Gasteiger partial charge < -0.3 is 14.4 Å². The summed E-state index contributed by atoms with van der Waals surface area (Å²) in [6.07, 6.45) is 2.34. The first-order valence-corrected chi connectivity index (χ1v) is 14.6. The van der Waals surface area contributed by atoms with E-state index in [1.807, 2.05) is 51.7 Å². The van der Waals surface area contributed by atoms with Crippen LogP contribution in [0.15, 0.2) is 101 Å². The molecule has 0 N–H and O–H groups in total. The van der Waals surface area contributed by atoms with Crippen LogP contribution < -0.4 is 15.2 Å². The Morgan fingerprint density at radius 1 is 0.925 bits per heavy atom. The molecule has 2 fully saturated rings. The highest BCUT2D eigenvalue weighted by molar-refractivity contribution is 7.98. The number of rotatable bonds is 4. The highest BCUT2D eigenvalue weighted by Gasteiger charge is 2.71. The molecule has 3 aromatic carbocycles. The molecule has 1 saturated carbocycles. The summed E-state index contributed by atoms with van der Waals surface area (Å²) in [6.45, 7) is 1.12. The van der Waals surface area contributed by atoms with Gasteiger partial charge in [0.1, 0.15) is 12.7 Å². The largest absolute Gasteiger partial charge is 0.482 e. The molecular formula is C32H27N3O4S. The Hall–Kier alpha value is -4.01. The van der Waals surface area contributed by atoms with E-state index < -0.39 is 5.66 Å². The van der Waals surface area contributed by atoms with E-state index in [1.54, 1.807) is 6.20 Å². The number of nitrogens with zero attached hydrogens (tertiary/aromatic N) is 3. The summed E-state index contributed by atoms with van der Waals surface area (Å²) in [7, 11) is 0. The summed E-state index contributed by atoms with van der Waals surface area (Å²) in [6, 6.07) is 28.1. The van der Waals surface area contributed by atoms with E-state index in [9.17, 15) is 9.59 Å². The van der Waals surface area contributed by atoms with Gasteiger partial charge in [-0.05, 0) is 28.3 Å². The molecule has 1 spiro atoms. The normalized spacial score (nSPS) is 24.1. The first-order valence-electron chi connectivity index (χ1n) is 13.6. The summed E-state index contributed by atoms with van der Waals surface area (Å²) < 4.78 is 14.3. The van der Waals surface area contributed by atoms with Crippen LogP contribution in [0.5, 0.6) is 5.75 Å². The number of aromatic nitrogens is 1. The highest BCUT2D eigenvalue weighted by Crippen LogP contribution is 2.56. The average Bonchev–Trinajstić information content (AvgIpc) is 3.76. The van der Waals surface area contributed by atoms with Gasteiger partial charge >= 0.3 is 0 Å². The smallest absolute Gasteiger partial charge is 0.278 e. The molecule has 1 aliphatic carbocycles. The molecule has 8 rings (SSSR count). The topological polar surface area (TPSA) is 64.0 Å². The quantitative estimate of drug-likeness (QED) is 0.367. The number of thioether (sulfide) groups is 1. The molecule has 200 valence electrons. The molecule has 3 atom stereocenters. The van der Waals surface area contributed by atoms with Crippen molar-refractivity contribution >= 4 is 17.7 Å². The summed E-state index contributed by atoms with van der Waals surface area (Å²) in [5.41, 5.74) is 3.88. The number of pyridine rings is 1. The van der Waals surface area contributed by atoms with Crippen molar-refractivity contribution in [3.8, 4) is 5.75 Å². The van der Waals surface area contributed by atoms with Gasteiger partial charge in [-0.2, -0.15) is 0 Å². The van der Waals surface area contributed by atoms with Gasteiger partial charge in [-0.25, -0.2) is 0 Å². The second-order valence-electron chi connectivity index (χ2n) is 10.6. The van der Waals surface area contributed by atoms with E-state index >= 15 is 0 Å². The van der Waals surface area contributed by atoms with Crippen LogP contribution in [0.4, 0.5) is 0 Å². The third-order valence-electron chi connectivity index (χ3n) is 8.47. The van der Waals surface area contributed by atoms with Crippen LogP contribution in [0.25, 0.3) is 0 Å². The third-order valence-corrected chi connectivity index (χ3v) is 9.61. The third kappa shape index (κ3) is 3.42. The summed E-state index contributed by atoms with van der Waals surface area (Å²) >= 11 is 1.83. The highest BCUT2D eigenvalue weighted by atomic mass is 32.2. The van der Waals surface area contributed by atoms with Gasteiger partial charge in [0.25, 0.3) is 5.91 Å². The lowest BCUT2D eigenvalue weighted by molar-refractivity contribution is -0.0219. The minimum absolute atomic E-state index is 0.0875. The number of benzene rings is 3. The Balaban J connectivity index is 1.36. The maximum absolute atomic E-state index is 14.3. The van der Waals surface area contributed by atoms with Crippen LogP contribution in [0.3, 0.4) is 0 Å². The van der Waals surface area contributed by atoms with Crippen molar-refractivity contribution in [2.24, 2.45) is 0 Å². The molecule has 1 aromatic heterocycles. The number of hydrogen-bond acceptors (Lipinski definition) is 6. The zero-order valence-corrected chi connectivity index (χ0v) is 22.5. The first kappa shape index (κ1) is 23.8. The maximum atomic E-state index is 14.3. The van der Waals surface area contributed by atoms with E-state index in [2.05, 4.69) is 53.5 Å². The van der Waals surface area contributed by atoms with Crippen LogP contribution in [-0.4, -0.2) is 40.4 Å². The zero-order chi connectivity index (χ0) is 26.8. The van der Waals surface area contributed by atoms with Gasteiger partial charge in [-0.15, -0.1) is 11.8 Å². The van der Waals surface area contributed by atoms with Gasteiger partial charge in [0, 0.05) is 35.9 Å². The fraction of sp³-hybridized carbons (Fsp3) is 0.250. The second-order valence-corrected chi connectivity index (χ2v) is 11.7. The Morgan fingerprint density at radius 2 is 1.70 bits per heavy atom. The summed E-state index contributed by atoms with van der Waals surface area (Å²) in [5, 5.41) is 2.30. The molecule has 4 aliphatic rings. The predicted molar refractivity (Wildman–Crippen MR) is 152 cm³/mol. The van der Waals surface area contributed by atoms with Crippen LogP contribution >= 0.6 is 11.8 Å². The molecule has 7 nitrogen and oxygen atoms in total. The van der Waals surface area contributed by atoms with Gasteiger partial charge in [-0.3, -0.25) is 19.3 Å².